The quantitative estimate of drug-likeness (QED) is 0.760. The lowest BCUT2D eigenvalue weighted by Crippen LogP contribution is -2.23. The molecule has 1 heterocycles. The molecule has 0 aliphatic rings. The Labute approximate surface area is 127 Å². The van der Waals surface area contributed by atoms with E-state index < -0.39 is 5.76 Å². The number of H-pyrrole nitrogens is 1. The first-order valence-corrected chi connectivity index (χ1v) is 6.94. The Morgan fingerprint density at radius 3 is 2.95 bits per heavy atom. The summed E-state index contributed by atoms with van der Waals surface area (Å²) in [5.74, 6) is -0.624. The van der Waals surface area contributed by atoms with E-state index in [1.54, 1.807) is 12.1 Å². The number of rotatable bonds is 3. The van der Waals surface area contributed by atoms with Crippen LogP contribution in [0.4, 0.5) is 0 Å². The number of nitrogens with one attached hydrogen (secondary N) is 2. The molecule has 0 aliphatic carbocycles. The van der Waals surface area contributed by atoms with Crippen LogP contribution in [0.2, 0.25) is 0 Å². The highest BCUT2D eigenvalue weighted by molar-refractivity contribution is 9.10. The van der Waals surface area contributed by atoms with Crippen molar-refractivity contribution in [3.63, 3.8) is 0 Å². The van der Waals surface area contributed by atoms with Crippen LogP contribution in [-0.4, -0.2) is 16.0 Å². The van der Waals surface area contributed by atoms with Gasteiger partial charge >= 0.3 is 5.76 Å². The van der Waals surface area contributed by atoms with Gasteiger partial charge in [0.05, 0.1) is 6.54 Å². The molecule has 0 radical (unpaired) electrons. The number of amides is 1. The van der Waals surface area contributed by atoms with Gasteiger partial charge in [0, 0.05) is 10.0 Å². The molecule has 0 spiro atoms. The van der Waals surface area contributed by atoms with Gasteiger partial charge in [0.1, 0.15) is 0 Å². The van der Waals surface area contributed by atoms with Gasteiger partial charge in [-0.2, -0.15) is 0 Å². The Morgan fingerprint density at radius 1 is 1.33 bits per heavy atom. The predicted octanol–water partition coefficient (Wildman–Crippen LogP) is 2.21. The second-order valence-corrected chi connectivity index (χ2v) is 5.25. The van der Waals surface area contributed by atoms with Gasteiger partial charge in [0.25, 0.3) is 5.91 Å². The maximum atomic E-state index is 12.1. The summed E-state index contributed by atoms with van der Waals surface area (Å²) in [6.45, 7) is 0.0958. The zero-order valence-corrected chi connectivity index (χ0v) is 12.3. The van der Waals surface area contributed by atoms with E-state index in [0.717, 1.165) is 15.2 Å². The smallest absolute Gasteiger partial charge is 0.345 e. The molecule has 21 heavy (non-hydrogen) atoms. The molecule has 2 aromatic carbocycles. The van der Waals surface area contributed by atoms with Crippen molar-refractivity contribution in [2.24, 2.45) is 0 Å². The van der Waals surface area contributed by atoms with Gasteiger partial charge in [-0.1, -0.05) is 39.3 Å². The number of nitrogens with zero attached hydrogens (tertiary/aromatic N) is 1. The topological polar surface area (TPSA) is 88.0 Å². The zero-order valence-electron chi connectivity index (χ0n) is 10.7. The monoisotopic (exact) mass is 347 g/mol. The number of carbonyl (C=O) groups excluding carboxylic acids is 1. The molecule has 0 fully saturated rings. The van der Waals surface area contributed by atoms with Crippen LogP contribution in [0.3, 0.4) is 0 Å². The maximum Gasteiger partial charge on any atom is 0.438 e. The van der Waals surface area contributed by atoms with Gasteiger partial charge in [-0.25, -0.2) is 4.79 Å². The molecule has 3 rings (SSSR count). The molecule has 6 nitrogen and oxygen atoms in total. The van der Waals surface area contributed by atoms with Crippen molar-refractivity contribution < 1.29 is 9.32 Å². The minimum Gasteiger partial charge on any atom is -0.345 e. The number of benzene rings is 2. The highest BCUT2D eigenvalue weighted by atomic mass is 79.9. The van der Waals surface area contributed by atoms with Gasteiger partial charge < -0.3 is 5.32 Å². The summed E-state index contributed by atoms with van der Waals surface area (Å²) in [5, 5.41) is 8.15. The second-order valence-electron chi connectivity index (χ2n) is 4.40. The lowest BCUT2D eigenvalue weighted by molar-refractivity contribution is 0.0950. The van der Waals surface area contributed by atoms with E-state index in [1.165, 1.54) is 0 Å². The minimum atomic E-state index is -0.645. The number of hydrogen-bond acceptors (Lipinski definition) is 4. The average Bonchev–Trinajstić information content (AvgIpc) is 2.90. The van der Waals surface area contributed by atoms with Gasteiger partial charge in [-0.15, -0.1) is 0 Å². The molecule has 0 saturated carbocycles. The molecule has 1 amide bonds. The van der Waals surface area contributed by atoms with E-state index in [1.807, 2.05) is 24.3 Å². The van der Waals surface area contributed by atoms with Gasteiger partial charge in [-0.3, -0.25) is 14.3 Å². The van der Waals surface area contributed by atoms with Crippen LogP contribution in [0.25, 0.3) is 10.8 Å². The number of fused-ring (bicyclic) bond motifs is 1. The van der Waals surface area contributed by atoms with Crippen LogP contribution in [0.1, 0.15) is 16.2 Å². The summed E-state index contributed by atoms with van der Waals surface area (Å²) in [7, 11) is 0. The maximum absolute atomic E-state index is 12.1. The molecule has 0 bridgehead atoms. The summed E-state index contributed by atoms with van der Waals surface area (Å²) in [6.07, 6.45) is 0. The molecule has 0 saturated heterocycles. The highest BCUT2D eigenvalue weighted by Crippen LogP contribution is 2.24. The fourth-order valence-electron chi connectivity index (χ4n) is 1.98. The molecular weight excluding hydrogens is 338 g/mol. The van der Waals surface area contributed by atoms with E-state index in [-0.39, 0.29) is 18.3 Å². The van der Waals surface area contributed by atoms with Crippen molar-refractivity contribution in [2.45, 2.75) is 6.54 Å². The molecule has 1 aromatic heterocycles. The number of carbonyl (C=O) groups is 1. The number of hydrogen-bond donors (Lipinski definition) is 2. The largest absolute Gasteiger partial charge is 0.438 e. The zero-order chi connectivity index (χ0) is 14.8. The SMILES string of the molecule is O=C(NCc1noc(=O)[nH]1)c1ccc2cccc(Br)c2c1. The molecule has 0 unspecified atom stereocenters. The Bertz CT molecular complexity index is 869. The van der Waals surface area contributed by atoms with Crippen LogP contribution < -0.4 is 11.1 Å². The van der Waals surface area contributed by atoms with Crippen LogP contribution >= 0.6 is 15.9 Å². The van der Waals surface area contributed by atoms with Crippen molar-refractivity contribution in [1.82, 2.24) is 15.5 Å². The summed E-state index contributed by atoms with van der Waals surface area (Å²) < 4.78 is 5.28. The molecule has 0 atom stereocenters. The van der Waals surface area contributed by atoms with Gasteiger partial charge in [0.2, 0.25) is 0 Å². The molecule has 106 valence electrons. The third-order valence-electron chi connectivity index (χ3n) is 2.99. The third kappa shape index (κ3) is 2.87. The number of aromatic amines is 1. The van der Waals surface area contributed by atoms with Crippen molar-refractivity contribution in [3.05, 3.63) is 62.8 Å². The van der Waals surface area contributed by atoms with E-state index in [9.17, 15) is 9.59 Å². The van der Waals surface area contributed by atoms with Gasteiger partial charge in [0.15, 0.2) is 5.82 Å². The normalized spacial score (nSPS) is 10.7. The molecule has 2 N–H and O–H groups in total. The summed E-state index contributed by atoms with van der Waals surface area (Å²) >= 11 is 3.46. The summed E-state index contributed by atoms with van der Waals surface area (Å²) in [4.78, 5) is 25.3. The predicted molar refractivity (Wildman–Crippen MR) is 79.9 cm³/mol. The lowest BCUT2D eigenvalue weighted by Gasteiger charge is -2.05. The Balaban J connectivity index is 1.81. The third-order valence-corrected chi connectivity index (χ3v) is 3.68. The van der Waals surface area contributed by atoms with Crippen molar-refractivity contribution in [3.8, 4) is 0 Å². The standard InChI is InChI=1S/C14H10BrN3O3/c15-11-3-1-2-8-4-5-9(6-10(8)11)13(19)16-7-12-17-14(20)21-18-12/h1-6H,7H2,(H,16,19)(H,17,18,20). The molecular formula is C14H10BrN3O3. The first-order chi connectivity index (χ1) is 10.1. The van der Waals surface area contributed by atoms with Crippen molar-refractivity contribution >= 4 is 32.6 Å². The summed E-state index contributed by atoms with van der Waals surface area (Å²) in [5.41, 5.74) is 0.528. The molecule has 0 aliphatic heterocycles. The van der Waals surface area contributed by atoms with Crippen LogP contribution in [0.5, 0.6) is 0 Å². The fourth-order valence-corrected chi connectivity index (χ4v) is 2.47. The van der Waals surface area contributed by atoms with E-state index >= 15 is 0 Å². The van der Waals surface area contributed by atoms with Crippen LogP contribution in [0, 0.1) is 0 Å². The highest BCUT2D eigenvalue weighted by Gasteiger charge is 2.09. The van der Waals surface area contributed by atoms with Crippen molar-refractivity contribution in [1.29, 1.82) is 0 Å². The van der Waals surface area contributed by atoms with E-state index in [2.05, 4.69) is 35.9 Å². The van der Waals surface area contributed by atoms with Crippen LogP contribution in [-0.2, 0) is 6.54 Å². The average molecular weight is 348 g/mol. The first-order valence-electron chi connectivity index (χ1n) is 6.15. The lowest BCUT2D eigenvalue weighted by atomic mass is 10.1. The number of aromatic nitrogens is 2. The van der Waals surface area contributed by atoms with Gasteiger partial charge in [-0.05, 0) is 29.0 Å². The summed E-state index contributed by atoms with van der Waals surface area (Å²) in [6, 6.07) is 11.3. The van der Waals surface area contributed by atoms with E-state index in [0.29, 0.717) is 5.56 Å². The first kappa shape index (κ1) is 13.6. The second kappa shape index (κ2) is 5.53. The minimum absolute atomic E-state index is 0.0958. The van der Waals surface area contributed by atoms with E-state index in [4.69, 9.17) is 0 Å². The number of halogens is 1. The van der Waals surface area contributed by atoms with Crippen molar-refractivity contribution in [2.75, 3.05) is 0 Å². The van der Waals surface area contributed by atoms with Crippen LogP contribution in [0.15, 0.2) is 50.2 Å². The fraction of sp³-hybridized carbons (Fsp3) is 0.0714. The molecule has 7 heteroatoms. The Kier molecular flexibility index (Phi) is 3.57. The Hall–Kier alpha value is -2.41. The Morgan fingerprint density at radius 2 is 2.19 bits per heavy atom. The molecule has 3 aromatic rings.